The standard InChI is InChI=1S/C9H12FNO/c10-8-3-1-7(2-4-8)5-9(11)6-12/h1-4,9,12H,5-6,11H2. The Bertz CT molecular complexity index is 235. The molecule has 0 heterocycles. The summed E-state index contributed by atoms with van der Waals surface area (Å²) in [7, 11) is 0. The summed E-state index contributed by atoms with van der Waals surface area (Å²) in [5, 5.41) is 8.65. The fourth-order valence-electron chi connectivity index (χ4n) is 0.988. The quantitative estimate of drug-likeness (QED) is 0.699. The van der Waals surface area contributed by atoms with E-state index in [9.17, 15) is 4.39 Å². The first-order valence-electron chi connectivity index (χ1n) is 3.83. The van der Waals surface area contributed by atoms with Crippen molar-refractivity contribution < 1.29 is 9.50 Å². The van der Waals surface area contributed by atoms with Gasteiger partial charge in [-0.1, -0.05) is 12.1 Å². The highest BCUT2D eigenvalue weighted by Gasteiger charge is 2.01. The van der Waals surface area contributed by atoms with Gasteiger partial charge in [-0.05, 0) is 24.1 Å². The number of hydrogen-bond donors (Lipinski definition) is 2. The third-order valence-electron chi connectivity index (χ3n) is 1.65. The van der Waals surface area contributed by atoms with E-state index in [1.165, 1.54) is 12.1 Å². The van der Waals surface area contributed by atoms with E-state index in [1.807, 2.05) is 0 Å². The Morgan fingerprint density at radius 2 is 1.92 bits per heavy atom. The smallest absolute Gasteiger partial charge is 0.123 e. The van der Waals surface area contributed by atoms with Crippen molar-refractivity contribution in [2.75, 3.05) is 6.61 Å². The molecule has 0 saturated heterocycles. The molecule has 0 fully saturated rings. The number of benzene rings is 1. The average molecular weight is 169 g/mol. The highest BCUT2D eigenvalue weighted by Crippen LogP contribution is 2.04. The molecule has 1 aromatic rings. The minimum atomic E-state index is -0.254. The largest absolute Gasteiger partial charge is 0.395 e. The normalized spacial score (nSPS) is 12.9. The van der Waals surface area contributed by atoms with Crippen molar-refractivity contribution in [3.63, 3.8) is 0 Å². The number of nitrogens with two attached hydrogens (primary N) is 1. The summed E-state index contributed by atoms with van der Waals surface area (Å²) in [6.45, 7) is -0.0443. The maximum atomic E-state index is 12.4. The number of aliphatic hydroxyl groups excluding tert-OH is 1. The maximum Gasteiger partial charge on any atom is 0.123 e. The van der Waals surface area contributed by atoms with Crippen LogP contribution in [0.25, 0.3) is 0 Å². The molecule has 0 saturated carbocycles. The molecule has 0 amide bonds. The van der Waals surface area contributed by atoms with Gasteiger partial charge in [0.2, 0.25) is 0 Å². The van der Waals surface area contributed by atoms with Crippen LogP contribution in [0.5, 0.6) is 0 Å². The Kier molecular flexibility index (Phi) is 3.19. The van der Waals surface area contributed by atoms with Gasteiger partial charge in [0.25, 0.3) is 0 Å². The van der Waals surface area contributed by atoms with Gasteiger partial charge < -0.3 is 10.8 Å². The molecule has 1 aromatic carbocycles. The Balaban J connectivity index is 2.58. The monoisotopic (exact) mass is 169 g/mol. The van der Waals surface area contributed by atoms with Crippen molar-refractivity contribution in [3.8, 4) is 0 Å². The summed E-state index contributed by atoms with van der Waals surface area (Å²) >= 11 is 0. The lowest BCUT2D eigenvalue weighted by atomic mass is 10.1. The molecular formula is C9H12FNO. The molecular weight excluding hydrogens is 157 g/mol. The lowest BCUT2D eigenvalue weighted by Crippen LogP contribution is -2.26. The van der Waals surface area contributed by atoms with Crippen molar-refractivity contribution >= 4 is 0 Å². The maximum absolute atomic E-state index is 12.4. The van der Waals surface area contributed by atoms with Gasteiger partial charge in [-0.3, -0.25) is 0 Å². The Labute approximate surface area is 70.8 Å². The zero-order valence-corrected chi connectivity index (χ0v) is 6.70. The van der Waals surface area contributed by atoms with Gasteiger partial charge in [0, 0.05) is 6.04 Å². The van der Waals surface area contributed by atoms with E-state index in [0.29, 0.717) is 6.42 Å². The molecule has 1 rings (SSSR count). The zero-order valence-electron chi connectivity index (χ0n) is 6.70. The summed E-state index contributed by atoms with van der Waals surface area (Å²) in [4.78, 5) is 0. The molecule has 2 nitrogen and oxygen atoms in total. The minimum Gasteiger partial charge on any atom is -0.395 e. The van der Waals surface area contributed by atoms with Crippen LogP contribution in [0.1, 0.15) is 5.56 Å². The molecule has 1 atom stereocenters. The van der Waals surface area contributed by atoms with Crippen molar-refractivity contribution in [2.45, 2.75) is 12.5 Å². The molecule has 12 heavy (non-hydrogen) atoms. The van der Waals surface area contributed by atoms with E-state index in [4.69, 9.17) is 10.8 Å². The molecule has 66 valence electrons. The molecule has 0 bridgehead atoms. The topological polar surface area (TPSA) is 46.2 Å². The van der Waals surface area contributed by atoms with Crippen LogP contribution in [-0.4, -0.2) is 17.8 Å². The second kappa shape index (κ2) is 4.18. The van der Waals surface area contributed by atoms with E-state index in [0.717, 1.165) is 5.56 Å². The fourth-order valence-corrected chi connectivity index (χ4v) is 0.988. The van der Waals surface area contributed by atoms with Gasteiger partial charge in [0.15, 0.2) is 0 Å². The molecule has 0 aliphatic heterocycles. The van der Waals surface area contributed by atoms with Crippen LogP contribution in [0, 0.1) is 5.82 Å². The first-order valence-corrected chi connectivity index (χ1v) is 3.83. The summed E-state index contributed by atoms with van der Waals surface area (Å²) in [5.74, 6) is -0.253. The van der Waals surface area contributed by atoms with Crippen LogP contribution < -0.4 is 5.73 Å². The van der Waals surface area contributed by atoms with Crippen molar-refractivity contribution in [2.24, 2.45) is 5.73 Å². The predicted molar refractivity (Wildman–Crippen MR) is 45.2 cm³/mol. The second-order valence-corrected chi connectivity index (χ2v) is 2.77. The van der Waals surface area contributed by atoms with Gasteiger partial charge in [0.05, 0.1) is 6.61 Å². The summed E-state index contributed by atoms with van der Waals surface area (Å²) in [6, 6.07) is 5.87. The number of hydrogen-bond acceptors (Lipinski definition) is 2. The first-order chi connectivity index (χ1) is 5.72. The highest BCUT2D eigenvalue weighted by atomic mass is 19.1. The third kappa shape index (κ3) is 2.60. The van der Waals surface area contributed by atoms with E-state index in [-0.39, 0.29) is 18.5 Å². The molecule has 0 aliphatic carbocycles. The highest BCUT2D eigenvalue weighted by molar-refractivity contribution is 5.16. The SMILES string of the molecule is NC(CO)Cc1ccc(F)cc1. The molecule has 0 aliphatic rings. The second-order valence-electron chi connectivity index (χ2n) is 2.77. The summed E-state index contributed by atoms with van der Waals surface area (Å²) in [5.41, 5.74) is 6.44. The van der Waals surface area contributed by atoms with Crippen LogP contribution >= 0.6 is 0 Å². The van der Waals surface area contributed by atoms with Gasteiger partial charge in [-0.25, -0.2) is 4.39 Å². The molecule has 3 N–H and O–H groups in total. The van der Waals surface area contributed by atoms with Crippen LogP contribution in [0.4, 0.5) is 4.39 Å². The van der Waals surface area contributed by atoms with Gasteiger partial charge >= 0.3 is 0 Å². The molecule has 3 heteroatoms. The fraction of sp³-hybridized carbons (Fsp3) is 0.333. The summed E-state index contributed by atoms with van der Waals surface area (Å²) in [6.07, 6.45) is 0.580. The number of halogens is 1. The van der Waals surface area contributed by atoms with Crippen molar-refractivity contribution in [1.82, 2.24) is 0 Å². The number of rotatable bonds is 3. The molecule has 1 unspecified atom stereocenters. The third-order valence-corrected chi connectivity index (χ3v) is 1.65. The van der Waals surface area contributed by atoms with Gasteiger partial charge in [-0.2, -0.15) is 0 Å². The Morgan fingerprint density at radius 3 is 2.42 bits per heavy atom. The number of aliphatic hydroxyl groups is 1. The van der Waals surface area contributed by atoms with Crippen molar-refractivity contribution in [3.05, 3.63) is 35.6 Å². The minimum absolute atomic E-state index is 0.0443. The van der Waals surface area contributed by atoms with E-state index < -0.39 is 0 Å². The van der Waals surface area contributed by atoms with Crippen LogP contribution in [0.15, 0.2) is 24.3 Å². The molecule has 0 radical (unpaired) electrons. The Morgan fingerprint density at radius 1 is 1.33 bits per heavy atom. The average Bonchev–Trinajstić information content (AvgIpc) is 2.09. The van der Waals surface area contributed by atoms with E-state index in [1.54, 1.807) is 12.1 Å². The van der Waals surface area contributed by atoms with E-state index >= 15 is 0 Å². The predicted octanol–water partition coefficient (Wildman–Crippen LogP) is 0.688. The zero-order chi connectivity index (χ0) is 8.97. The lowest BCUT2D eigenvalue weighted by Gasteiger charge is -2.06. The van der Waals surface area contributed by atoms with Crippen LogP contribution in [0.2, 0.25) is 0 Å². The summed E-state index contributed by atoms with van der Waals surface area (Å²) < 4.78 is 12.4. The van der Waals surface area contributed by atoms with E-state index in [2.05, 4.69) is 0 Å². The van der Waals surface area contributed by atoms with Gasteiger partial charge in [-0.15, -0.1) is 0 Å². The Hall–Kier alpha value is -0.930. The molecule has 0 spiro atoms. The van der Waals surface area contributed by atoms with Crippen LogP contribution in [-0.2, 0) is 6.42 Å². The first kappa shape index (κ1) is 9.16. The van der Waals surface area contributed by atoms with Crippen molar-refractivity contribution in [1.29, 1.82) is 0 Å². The lowest BCUT2D eigenvalue weighted by molar-refractivity contribution is 0.265. The molecule has 0 aromatic heterocycles. The van der Waals surface area contributed by atoms with Gasteiger partial charge in [0.1, 0.15) is 5.82 Å². The van der Waals surface area contributed by atoms with Crippen LogP contribution in [0.3, 0.4) is 0 Å².